The van der Waals surface area contributed by atoms with Crippen molar-refractivity contribution >= 4 is 0 Å². The minimum atomic E-state index is -4.31. The van der Waals surface area contributed by atoms with Gasteiger partial charge in [-0.05, 0) is 42.9 Å². The Balaban J connectivity index is 2.44. The molecule has 2 nitrogen and oxygen atoms in total. The molecule has 1 aliphatic carbocycles. The summed E-state index contributed by atoms with van der Waals surface area (Å²) in [5, 5.41) is 0. The third kappa shape index (κ3) is 2.16. The van der Waals surface area contributed by atoms with Crippen LogP contribution >= 0.6 is 0 Å². The molecular weight excluding hydrogens is 229 g/mol. The van der Waals surface area contributed by atoms with Crippen molar-refractivity contribution in [1.82, 2.24) is 4.98 Å². The van der Waals surface area contributed by atoms with Crippen LogP contribution in [0.5, 0.6) is 0 Å². The summed E-state index contributed by atoms with van der Waals surface area (Å²) in [7, 11) is 0. The van der Waals surface area contributed by atoms with Gasteiger partial charge in [0.15, 0.2) is 0 Å². The molecule has 1 aliphatic rings. The molecule has 2 rings (SSSR count). The van der Waals surface area contributed by atoms with Crippen LogP contribution in [0.1, 0.15) is 36.8 Å². The first kappa shape index (κ1) is 12.4. The lowest BCUT2D eigenvalue weighted by molar-refractivity contribution is -0.139. The van der Waals surface area contributed by atoms with Crippen LogP contribution in [0.15, 0.2) is 18.5 Å². The van der Waals surface area contributed by atoms with Gasteiger partial charge in [-0.15, -0.1) is 0 Å². The molecule has 0 saturated heterocycles. The molecule has 1 saturated carbocycles. The Labute approximate surface area is 98.0 Å². The van der Waals surface area contributed by atoms with Crippen molar-refractivity contribution in [3.05, 3.63) is 29.6 Å². The van der Waals surface area contributed by atoms with Gasteiger partial charge in [0.2, 0.25) is 0 Å². The van der Waals surface area contributed by atoms with Crippen LogP contribution in [0.3, 0.4) is 0 Å². The maximum absolute atomic E-state index is 12.9. The molecule has 1 heterocycles. The monoisotopic (exact) mass is 244 g/mol. The maximum Gasteiger partial charge on any atom is 0.416 e. The number of aromatic nitrogens is 1. The van der Waals surface area contributed by atoms with E-state index in [-0.39, 0.29) is 0 Å². The van der Waals surface area contributed by atoms with Crippen molar-refractivity contribution in [3.8, 4) is 0 Å². The molecule has 1 aromatic heterocycles. The third-order valence-electron chi connectivity index (χ3n) is 3.63. The third-order valence-corrected chi connectivity index (χ3v) is 3.63. The smallest absolute Gasteiger partial charge is 0.330 e. The molecule has 0 unspecified atom stereocenters. The van der Waals surface area contributed by atoms with E-state index in [4.69, 9.17) is 5.73 Å². The van der Waals surface area contributed by atoms with Crippen molar-refractivity contribution in [3.63, 3.8) is 0 Å². The second-order valence-electron chi connectivity index (χ2n) is 4.59. The molecule has 17 heavy (non-hydrogen) atoms. The quantitative estimate of drug-likeness (QED) is 0.888. The van der Waals surface area contributed by atoms with Gasteiger partial charge in [0.05, 0.1) is 5.56 Å². The van der Waals surface area contributed by atoms with Gasteiger partial charge < -0.3 is 5.73 Å². The summed E-state index contributed by atoms with van der Waals surface area (Å²) in [5.41, 5.74) is 4.89. The molecule has 0 bridgehead atoms. The highest BCUT2D eigenvalue weighted by molar-refractivity contribution is 5.35. The lowest BCUT2D eigenvalue weighted by Crippen LogP contribution is -2.38. The first-order valence-corrected chi connectivity index (χ1v) is 5.71. The van der Waals surface area contributed by atoms with Gasteiger partial charge in [0.25, 0.3) is 0 Å². The van der Waals surface area contributed by atoms with Gasteiger partial charge in [0, 0.05) is 12.4 Å². The number of nitrogens with zero attached hydrogens (tertiary/aromatic N) is 1. The molecule has 2 N–H and O–H groups in total. The molecule has 0 spiro atoms. The minimum absolute atomic E-state index is 0.323. The number of rotatable bonds is 3. The van der Waals surface area contributed by atoms with Gasteiger partial charge in [0.1, 0.15) is 0 Å². The summed E-state index contributed by atoms with van der Waals surface area (Å²) in [4.78, 5) is 3.85. The fourth-order valence-corrected chi connectivity index (χ4v) is 2.60. The largest absolute Gasteiger partial charge is 0.416 e. The normalized spacial score (nSPS) is 18.8. The van der Waals surface area contributed by atoms with Gasteiger partial charge in [-0.25, -0.2) is 0 Å². The van der Waals surface area contributed by atoms with Gasteiger partial charge >= 0.3 is 6.18 Å². The molecule has 0 amide bonds. The minimum Gasteiger partial charge on any atom is -0.330 e. The SMILES string of the molecule is NCCC1(c2cnccc2C(F)(F)F)CCC1. The van der Waals surface area contributed by atoms with E-state index in [9.17, 15) is 13.2 Å². The Morgan fingerprint density at radius 3 is 2.53 bits per heavy atom. The van der Waals surface area contributed by atoms with Gasteiger partial charge in [-0.2, -0.15) is 13.2 Å². The molecular formula is C12H15F3N2. The van der Waals surface area contributed by atoms with E-state index in [0.717, 1.165) is 25.3 Å². The molecule has 94 valence electrons. The lowest BCUT2D eigenvalue weighted by atomic mass is 9.62. The molecule has 1 aromatic rings. The predicted molar refractivity (Wildman–Crippen MR) is 58.4 cm³/mol. The summed E-state index contributed by atoms with van der Waals surface area (Å²) >= 11 is 0. The molecule has 0 aromatic carbocycles. The van der Waals surface area contributed by atoms with E-state index < -0.39 is 17.2 Å². The van der Waals surface area contributed by atoms with Crippen LogP contribution < -0.4 is 5.73 Å². The summed E-state index contributed by atoms with van der Waals surface area (Å²) in [6.45, 7) is 0.409. The summed E-state index contributed by atoms with van der Waals surface area (Å²) in [6, 6.07) is 1.06. The maximum atomic E-state index is 12.9. The first-order chi connectivity index (χ1) is 7.99. The van der Waals surface area contributed by atoms with Crippen molar-refractivity contribution in [1.29, 1.82) is 0 Å². The average molecular weight is 244 g/mol. The van der Waals surface area contributed by atoms with Crippen LogP contribution in [-0.2, 0) is 11.6 Å². The fourth-order valence-electron chi connectivity index (χ4n) is 2.60. The highest BCUT2D eigenvalue weighted by atomic mass is 19.4. The van der Waals surface area contributed by atoms with Gasteiger partial charge in [-0.1, -0.05) is 6.42 Å². The molecule has 5 heteroatoms. The van der Waals surface area contributed by atoms with Crippen molar-refractivity contribution < 1.29 is 13.2 Å². The Kier molecular flexibility index (Phi) is 3.12. The summed E-state index contributed by atoms with van der Waals surface area (Å²) in [6.07, 6.45) is 1.36. The summed E-state index contributed by atoms with van der Waals surface area (Å²) in [5.74, 6) is 0. The van der Waals surface area contributed by atoms with E-state index in [1.54, 1.807) is 0 Å². The Hall–Kier alpha value is -1.10. The zero-order valence-corrected chi connectivity index (χ0v) is 9.43. The molecule has 0 atom stereocenters. The number of halogens is 3. The summed E-state index contributed by atoms with van der Waals surface area (Å²) < 4.78 is 38.8. The Morgan fingerprint density at radius 1 is 1.35 bits per heavy atom. The Bertz CT molecular complexity index is 397. The topological polar surface area (TPSA) is 38.9 Å². The van der Waals surface area contributed by atoms with E-state index in [1.165, 1.54) is 12.4 Å². The van der Waals surface area contributed by atoms with Crippen molar-refractivity contribution in [2.24, 2.45) is 5.73 Å². The number of hydrogen-bond donors (Lipinski definition) is 1. The number of alkyl halides is 3. The second-order valence-corrected chi connectivity index (χ2v) is 4.59. The van der Waals surface area contributed by atoms with Crippen LogP contribution in [0, 0.1) is 0 Å². The van der Waals surface area contributed by atoms with Crippen LogP contribution in [-0.4, -0.2) is 11.5 Å². The zero-order valence-electron chi connectivity index (χ0n) is 9.43. The van der Waals surface area contributed by atoms with E-state index in [0.29, 0.717) is 18.5 Å². The van der Waals surface area contributed by atoms with Gasteiger partial charge in [-0.3, -0.25) is 4.98 Å². The number of pyridine rings is 1. The molecule has 0 aliphatic heterocycles. The second kappa shape index (κ2) is 4.29. The predicted octanol–water partition coefficient (Wildman–Crippen LogP) is 2.87. The highest BCUT2D eigenvalue weighted by Gasteiger charge is 2.44. The van der Waals surface area contributed by atoms with E-state index in [1.807, 2.05) is 0 Å². The first-order valence-electron chi connectivity index (χ1n) is 5.71. The average Bonchev–Trinajstić information content (AvgIpc) is 2.22. The number of nitrogens with two attached hydrogens (primary N) is 1. The van der Waals surface area contributed by atoms with Crippen LogP contribution in [0.25, 0.3) is 0 Å². The van der Waals surface area contributed by atoms with Crippen LogP contribution in [0.4, 0.5) is 13.2 Å². The number of hydrogen-bond acceptors (Lipinski definition) is 2. The highest BCUT2D eigenvalue weighted by Crippen LogP contribution is 2.49. The lowest BCUT2D eigenvalue weighted by Gasteiger charge is -2.43. The van der Waals surface area contributed by atoms with Crippen molar-refractivity contribution in [2.45, 2.75) is 37.3 Å². The molecule has 1 fully saturated rings. The standard InChI is InChI=1S/C12H15F3N2/c13-12(14,15)9-2-7-17-8-10(9)11(5-6-16)3-1-4-11/h2,7-8H,1,3-6,16H2. The fraction of sp³-hybridized carbons (Fsp3) is 0.583. The van der Waals surface area contributed by atoms with Crippen molar-refractivity contribution in [2.75, 3.05) is 6.54 Å². The Morgan fingerprint density at radius 2 is 2.06 bits per heavy atom. The van der Waals surface area contributed by atoms with Crippen LogP contribution in [0.2, 0.25) is 0 Å². The van der Waals surface area contributed by atoms with E-state index >= 15 is 0 Å². The van der Waals surface area contributed by atoms with E-state index in [2.05, 4.69) is 4.98 Å². The molecule has 0 radical (unpaired) electrons. The zero-order chi connectivity index (χ0) is 12.5.